The quantitative estimate of drug-likeness (QED) is 0.0289. The molecule has 3 saturated heterocycles. The van der Waals surface area contributed by atoms with E-state index in [4.69, 9.17) is 28.4 Å². The van der Waals surface area contributed by atoms with Crippen molar-refractivity contribution in [3.63, 3.8) is 0 Å². The maximum Gasteiger partial charge on any atom is 0.364 e. The molecule has 3 aliphatic rings. The Bertz CT molecular complexity index is 1810. The van der Waals surface area contributed by atoms with E-state index in [1.54, 1.807) is 6.08 Å². The molecule has 0 aromatic rings. The van der Waals surface area contributed by atoms with Gasteiger partial charge in [-0.05, 0) is 19.3 Å². The molecule has 0 saturated carbocycles. The molecule has 18 unspecified atom stereocenters. The molecule has 86 heavy (non-hydrogen) atoms. The Balaban J connectivity index is 1.61. The topological polar surface area (TPSA) is 373 Å². The molecular formula is C63H116N2O21. The number of carboxylic acid groups (broad SMARTS) is 1. The molecule has 23 nitrogen and oxygen atoms in total. The molecule has 504 valence electrons. The lowest BCUT2D eigenvalue weighted by Gasteiger charge is -2.50. The number of nitrogens with one attached hydrogen (secondary N) is 2. The van der Waals surface area contributed by atoms with Crippen molar-refractivity contribution < 1.29 is 104 Å². The lowest BCUT2D eigenvalue weighted by atomic mass is 9.88. The lowest BCUT2D eigenvalue weighted by Crippen LogP contribution is -2.70. The van der Waals surface area contributed by atoms with Gasteiger partial charge in [0.2, 0.25) is 11.8 Å². The third-order valence-corrected chi connectivity index (χ3v) is 17.0. The number of carboxylic acids is 1. The van der Waals surface area contributed by atoms with Crippen molar-refractivity contribution in [3.8, 4) is 0 Å². The van der Waals surface area contributed by atoms with Gasteiger partial charge in [-0.15, -0.1) is 0 Å². The number of hydrogen-bond donors (Lipinski definition) is 14. The average Bonchev–Trinajstić information content (AvgIpc) is 0.900. The fraction of sp³-hybridized carbons (Fsp3) is 0.921. The van der Waals surface area contributed by atoms with E-state index in [2.05, 4.69) is 24.5 Å². The fourth-order valence-corrected chi connectivity index (χ4v) is 11.6. The minimum absolute atomic E-state index is 0.203. The smallest absolute Gasteiger partial charge is 0.364 e. The Kier molecular flexibility index (Phi) is 40.5. The van der Waals surface area contributed by atoms with Gasteiger partial charge in [0.05, 0.1) is 50.7 Å². The fourth-order valence-electron chi connectivity index (χ4n) is 11.6. The first-order valence-corrected chi connectivity index (χ1v) is 33.1. The van der Waals surface area contributed by atoms with Gasteiger partial charge in [0.1, 0.15) is 67.1 Å². The van der Waals surface area contributed by atoms with E-state index >= 15 is 0 Å². The minimum Gasteiger partial charge on any atom is -0.477 e. The van der Waals surface area contributed by atoms with Gasteiger partial charge in [-0.25, -0.2) is 4.79 Å². The molecule has 18 atom stereocenters. The highest BCUT2D eigenvalue weighted by molar-refractivity contribution is 5.77. The molecule has 2 amide bonds. The molecule has 14 N–H and O–H groups in total. The number of ether oxygens (including phenoxy) is 6. The summed E-state index contributed by atoms with van der Waals surface area (Å²) >= 11 is 0. The standard InChI is InChI=1S/C63H116N2O21/c1-4-6-8-10-12-14-16-17-18-19-20-21-22-23-24-25-27-28-30-32-34-36-45(70)44(65-50(73)37-35-33-31-29-26-15-13-11-9-7-5-2)42-81-60-55(77)54(76)57(49(41-68)83-60)84-61-56(78)59(53(75)48(40-67)82-61)86-63(62(79)80)38-46(71)51(64-43(3)69)58(85-63)52(74)47(72)39-66/h34,36,44-49,51-61,66-68,70-72,74-78H,4-33,35,37-42H2,1-3H3,(H,64,69)(H,65,73)(H,79,80)/b36-34+. The first kappa shape index (κ1) is 77.7. The van der Waals surface area contributed by atoms with Crippen molar-refractivity contribution in [2.24, 2.45) is 0 Å². The van der Waals surface area contributed by atoms with Crippen LogP contribution < -0.4 is 10.6 Å². The van der Waals surface area contributed by atoms with Gasteiger partial charge in [-0.2, -0.15) is 0 Å². The van der Waals surface area contributed by atoms with E-state index in [-0.39, 0.29) is 12.3 Å². The summed E-state index contributed by atoms with van der Waals surface area (Å²) in [5.74, 6) is -6.14. The number of carbonyl (C=O) groups is 3. The molecule has 0 spiro atoms. The third kappa shape index (κ3) is 27.9. The highest BCUT2D eigenvalue weighted by Crippen LogP contribution is 2.38. The number of unbranched alkanes of at least 4 members (excludes halogenated alkanes) is 29. The summed E-state index contributed by atoms with van der Waals surface area (Å²) in [5.41, 5.74) is 0. The number of aliphatic hydroxyl groups excluding tert-OH is 11. The second-order valence-electron chi connectivity index (χ2n) is 24.3. The summed E-state index contributed by atoms with van der Waals surface area (Å²) in [4.78, 5) is 38.4. The summed E-state index contributed by atoms with van der Waals surface area (Å²) in [6.45, 7) is 2.12. The number of aliphatic carboxylic acids is 1. The summed E-state index contributed by atoms with van der Waals surface area (Å²) in [7, 11) is 0. The summed E-state index contributed by atoms with van der Waals surface area (Å²) in [5, 5.41) is 136. The van der Waals surface area contributed by atoms with Gasteiger partial charge in [0.25, 0.3) is 5.79 Å². The van der Waals surface area contributed by atoms with Gasteiger partial charge in [0.15, 0.2) is 12.6 Å². The van der Waals surface area contributed by atoms with Crippen LogP contribution in [0.1, 0.15) is 233 Å². The molecular weight excluding hydrogens is 1120 g/mol. The maximum atomic E-state index is 13.4. The van der Waals surface area contributed by atoms with Crippen LogP contribution in [0.3, 0.4) is 0 Å². The van der Waals surface area contributed by atoms with Crippen LogP contribution in [-0.4, -0.2) is 215 Å². The second-order valence-corrected chi connectivity index (χ2v) is 24.3. The molecule has 0 aliphatic carbocycles. The molecule has 3 fully saturated rings. The van der Waals surface area contributed by atoms with Crippen LogP contribution in [0.25, 0.3) is 0 Å². The predicted octanol–water partition coefficient (Wildman–Crippen LogP) is 4.73. The van der Waals surface area contributed by atoms with Crippen LogP contribution in [0.4, 0.5) is 0 Å². The Morgan fingerprint density at radius 3 is 1.55 bits per heavy atom. The van der Waals surface area contributed by atoms with E-state index in [0.717, 1.165) is 51.9 Å². The van der Waals surface area contributed by atoms with Crippen molar-refractivity contribution in [1.29, 1.82) is 0 Å². The van der Waals surface area contributed by atoms with Gasteiger partial charge in [0, 0.05) is 19.8 Å². The highest BCUT2D eigenvalue weighted by Gasteiger charge is 2.60. The number of amides is 2. The van der Waals surface area contributed by atoms with Gasteiger partial charge in [-0.1, -0.05) is 206 Å². The zero-order valence-corrected chi connectivity index (χ0v) is 52.2. The predicted molar refractivity (Wildman–Crippen MR) is 320 cm³/mol. The van der Waals surface area contributed by atoms with Crippen LogP contribution in [0.2, 0.25) is 0 Å². The summed E-state index contributed by atoms with van der Waals surface area (Å²) < 4.78 is 34.7. The molecule has 3 rings (SSSR count). The maximum absolute atomic E-state index is 13.4. The zero-order chi connectivity index (χ0) is 63.3. The Morgan fingerprint density at radius 1 is 0.605 bits per heavy atom. The summed E-state index contributed by atoms with van der Waals surface area (Å²) in [6, 6.07) is -2.61. The van der Waals surface area contributed by atoms with Crippen molar-refractivity contribution in [3.05, 3.63) is 12.2 Å². The van der Waals surface area contributed by atoms with Crippen molar-refractivity contribution in [2.45, 2.75) is 342 Å². The van der Waals surface area contributed by atoms with Crippen LogP contribution in [-0.2, 0) is 42.8 Å². The van der Waals surface area contributed by atoms with Gasteiger partial charge >= 0.3 is 5.97 Å². The summed E-state index contributed by atoms with van der Waals surface area (Å²) in [6.07, 6.45) is 11.3. The number of carbonyl (C=O) groups excluding carboxylic acids is 2. The Morgan fingerprint density at radius 2 is 1.08 bits per heavy atom. The molecule has 23 heteroatoms. The molecule has 0 aromatic heterocycles. The van der Waals surface area contributed by atoms with Crippen LogP contribution in [0.5, 0.6) is 0 Å². The largest absolute Gasteiger partial charge is 0.477 e. The van der Waals surface area contributed by atoms with E-state index in [1.807, 2.05) is 6.08 Å². The first-order chi connectivity index (χ1) is 41.4. The monoisotopic (exact) mass is 1240 g/mol. The minimum atomic E-state index is -3.08. The van der Waals surface area contributed by atoms with Gasteiger partial charge in [-0.3, -0.25) is 9.59 Å². The highest BCUT2D eigenvalue weighted by atomic mass is 16.8. The number of aliphatic hydroxyl groups is 11. The van der Waals surface area contributed by atoms with Crippen molar-refractivity contribution >= 4 is 17.8 Å². The number of hydrogen-bond acceptors (Lipinski definition) is 20. The number of allylic oxidation sites excluding steroid dienone is 1. The molecule has 3 aliphatic heterocycles. The number of rotatable bonds is 49. The van der Waals surface area contributed by atoms with Gasteiger partial charge < -0.3 is 100 Å². The molecule has 3 heterocycles. The molecule has 0 radical (unpaired) electrons. The second kappa shape index (κ2) is 44.9. The van der Waals surface area contributed by atoms with E-state index < -0.39 is 155 Å². The normalized spacial score (nSPS) is 29.4. The van der Waals surface area contributed by atoms with E-state index in [1.165, 1.54) is 141 Å². The SMILES string of the molecule is CCCCCCCCCCCCCCCCCCCCC/C=C/C(O)C(COC1OC(CO)C(OC2OC(CO)C(O)C(OC3(C(=O)O)CC(O)C(NC(C)=O)C(C(O)C(O)CO)O3)C2O)C(O)C1O)NC(=O)CCCCCCCCCCCCC. The van der Waals surface area contributed by atoms with E-state index in [9.17, 15) is 75.7 Å². The van der Waals surface area contributed by atoms with Crippen molar-refractivity contribution in [2.75, 3.05) is 26.4 Å². The van der Waals surface area contributed by atoms with Crippen LogP contribution >= 0.6 is 0 Å². The molecule has 0 aromatic carbocycles. The Labute approximate surface area is 511 Å². The Hall–Kier alpha value is -2.53. The first-order valence-electron chi connectivity index (χ1n) is 33.1. The molecule has 0 bridgehead atoms. The van der Waals surface area contributed by atoms with Crippen LogP contribution in [0.15, 0.2) is 12.2 Å². The van der Waals surface area contributed by atoms with E-state index in [0.29, 0.717) is 12.8 Å². The van der Waals surface area contributed by atoms with Crippen molar-refractivity contribution in [1.82, 2.24) is 10.6 Å². The third-order valence-electron chi connectivity index (χ3n) is 17.0. The van der Waals surface area contributed by atoms with Crippen LogP contribution in [0, 0.1) is 0 Å². The zero-order valence-electron chi connectivity index (χ0n) is 52.2. The lowest BCUT2D eigenvalue weighted by molar-refractivity contribution is -0.386. The average molecular weight is 1240 g/mol.